The normalized spacial score (nSPS) is 20.3. The number of halogens is 4. The molecule has 244 valence electrons. The van der Waals surface area contributed by atoms with Crippen molar-refractivity contribution in [2.75, 3.05) is 26.2 Å². The molecule has 15 heteroatoms. The van der Waals surface area contributed by atoms with Crippen LogP contribution in [0.3, 0.4) is 0 Å². The lowest BCUT2D eigenvalue weighted by Crippen LogP contribution is -2.53. The largest absolute Gasteiger partial charge is 0.406 e. The van der Waals surface area contributed by atoms with E-state index in [2.05, 4.69) is 25.9 Å². The van der Waals surface area contributed by atoms with Crippen LogP contribution in [0.1, 0.15) is 46.1 Å². The van der Waals surface area contributed by atoms with Crippen LogP contribution in [-0.2, 0) is 17.9 Å². The van der Waals surface area contributed by atoms with Crippen LogP contribution < -0.4 is 5.56 Å². The predicted octanol–water partition coefficient (Wildman–Crippen LogP) is 4.59. The van der Waals surface area contributed by atoms with Crippen LogP contribution in [0.25, 0.3) is 11.0 Å². The molecule has 3 aromatic heterocycles. The van der Waals surface area contributed by atoms with Crippen LogP contribution >= 0.6 is 27.3 Å². The fourth-order valence-corrected chi connectivity index (χ4v) is 8.08. The summed E-state index contributed by atoms with van der Waals surface area (Å²) in [6, 6.07) is 11.0. The highest BCUT2D eigenvalue weighted by atomic mass is 79.9. The first-order valence-corrected chi connectivity index (χ1v) is 16.5. The molecular weight excluding hydrogens is 689 g/mol. The van der Waals surface area contributed by atoms with Gasteiger partial charge in [0, 0.05) is 44.2 Å². The molecule has 5 heterocycles. The van der Waals surface area contributed by atoms with Gasteiger partial charge in [0.25, 0.3) is 11.5 Å². The average molecular weight is 722 g/mol. The third-order valence-corrected chi connectivity index (χ3v) is 10.6. The summed E-state index contributed by atoms with van der Waals surface area (Å²) in [6.45, 7) is 1.81. The van der Waals surface area contributed by atoms with Gasteiger partial charge in [-0.1, -0.05) is 30.3 Å². The van der Waals surface area contributed by atoms with Crippen molar-refractivity contribution in [3.8, 4) is 0 Å². The Hall–Kier alpha value is -3.56. The minimum absolute atomic E-state index is 0.0361. The van der Waals surface area contributed by atoms with Crippen molar-refractivity contribution in [3.63, 3.8) is 0 Å². The van der Waals surface area contributed by atoms with Gasteiger partial charge in [0.2, 0.25) is 5.91 Å². The molecule has 2 aliphatic rings. The zero-order valence-corrected chi connectivity index (χ0v) is 27.3. The number of nitrogens with zero attached hydrogens (tertiary/aromatic N) is 6. The van der Waals surface area contributed by atoms with Crippen molar-refractivity contribution in [2.24, 2.45) is 5.92 Å². The number of benzene rings is 1. The highest BCUT2D eigenvalue weighted by molar-refractivity contribution is 9.11. The first-order valence-electron chi connectivity index (χ1n) is 14.9. The molecule has 2 aliphatic heterocycles. The quantitative estimate of drug-likeness (QED) is 0.312. The molecule has 0 spiro atoms. The second kappa shape index (κ2) is 12.6. The van der Waals surface area contributed by atoms with E-state index in [-0.39, 0.29) is 67.2 Å². The Morgan fingerprint density at radius 1 is 1.09 bits per heavy atom. The first kappa shape index (κ1) is 32.4. The number of aromatic nitrogens is 4. The van der Waals surface area contributed by atoms with Crippen molar-refractivity contribution in [2.45, 2.75) is 57.0 Å². The lowest BCUT2D eigenvalue weighted by atomic mass is 9.79. The molecule has 0 saturated carbocycles. The average Bonchev–Trinajstić information content (AvgIpc) is 3.59. The molecule has 4 aromatic rings. The minimum atomic E-state index is -4.46. The van der Waals surface area contributed by atoms with Crippen LogP contribution in [0.5, 0.6) is 0 Å². The Balaban J connectivity index is 1.14. The van der Waals surface area contributed by atoms with E-state index in [1.165, 1.54) is 34.5 Å². The maximum absolute atomic E-state index is 14.0. The number of likely N-dealkylation sites (tertiary alicyclic amines) is 2. The maximum atomic E-state index is 14.0. The molecule has 10 nitrogen and oxygen atoms in total. The van der Waals surface area contributed by atoms with Crippen molar-refractivity contribution < 1.29 is 27.9 Å². The third kappa shape index (κ3) is 6.63. The number of rotatable bonds is 6. The van der Waals surface area contributed by atoms with Gasteiger partial charge >= 0.3 is 6.18 Å². The number of hydrogen-bond donors (Lipinski definition) is 1. The van der Waals surface area contributed by atoms with Crippen molar-refractivity contribution in [3.05, 3.63) is 79.3 Å². The van der Waals surface area contributed by atoms with Crippen molar-refractivity contribution in [1.82, 2.24) is 28.9 Å². The summed E-state index contributed by atoms with van der Waals surface area (Å²) in [5, 5.41) is 11.5. The summed E-state index contributed by atoms with van der Waals surface area (Å²) in [7, 11) is 0. The number of amides is 2. The molecule has 2 saturated heterocycles. The van der Waals surface area contributed by atoms with Crippen LogP contribution in [-0.4, -0.2) is 83.8 Å². The first-order chi connectivity index (χ1) is 21.8. The highest BCUT2D eigenvalue weighted by Crippen LogP contribution is 2.37. The van der Waals surface area contributed by atoms with Crippen LogP contribution in [0.4, 0.5) is 13.2 Å². The summed E-state index contributed by atoms with van der Waals surface area (Å²) >= 11 is 4.65. The Morgan fingerprint density at radius 2 is 1.80 bits per heavy atom. The third-order valence-electron chi connectivity index (χ3n) is 8.97. The molecule has 1 aromatic carbocycles. The minimum Gasteiger partial charge on any atom is -0.388 e. The van der Waals surface area contributed by atoms with E-state index in [9.17, 15) is 32.7 Å². The Labute approximate surface area is 274 Å². The molecule has 0 unspecified atom stereocenters. The fraction of sp³-hybridized carbons (Fsp3) is 0.452. The highest BCUT2D eigenvalue weighted by Gasteiger charge is 2.42. The fourth-order valence-electron chi connectivity index (χ4n) is 6.57. The summed E-state index contributed by atoms with van der Waals surface area (Å²) in [6.07, 6.45) is -1.20. The molecule has 46 heavy (non-hydrogen) atoms. The number of alkyl halides is 3. The zero-order chi connectivity index (χ0) is 32.8. The lowest BCUT2D eigenvalue weighted by Gasteiger charge is -2.43. The Morgan fingerprint density at radius 3 is 2.46 bits per heavy atom. The second-order valence-corrected chi connectivity index (χ2v) is 14.3. The molecule has 2 atom stereocenters. The van der Waals surface area contributed by atoms with E-state index in [1.807, 2.05) is 30.3 Å². The van der Waals surface area contributed by atoms with Gasteiger partial charge in [0.05, 0.1) is 23.2 Å². The Kier molecular flexibility index (Phi) is 8.85. The second-order valence-electron chi connectivity index (χ2n) is 12.1. The van der Waals surface area contributed by atoms with Crippen LogP contribution in [0.2, 0.25) is 0 Å². The lowest BCUT2D eigenvalue weighted by molar-refractivity contribution is -0.142. The number of hydrogen-bond acceptors (Lipinski definition) is 7. The number of carbonyl (C=O) groups is 2. The van der Waals surface area contributed by atoms with Crippen LogP contribution in [0.15, 0.2) is 57.6 Å². The van der Waals surface area contributed by atoms with E-state index in [1.54, 1.807) is 16.7 Å². The van der Waals surface area contributed by atoms with Gasteiger partial charge in [-0.05, 0) is 53.7 Å². The number of carbonyl (C=O) groups excluding carboxylic acids is 2. The smallest absolute Gasteiger partial charge is 0.388 e. The molecule has 1 N–H and O–H groups in total. The number of piperidine rings is 2. The van der Waals surface area contributed by atoms with E-state index < -0.39 is 23.9 Å². The van der Waals surface area contributed by atoms with Crippen molar-refractivity contribution >= 4 is 50.1 Å². The molecular formula is C31H32BrF3N6O4S. The molecule has 2 amide bonds. The number of aryl methyl sites for hydroxylation is 1. The zero-order valence-electron chi connectivity index (χ0n) is 24.9. The Bertz CT molecular complexity index is 1820. The van der Waals surface area contributed by atoms with Gasteiger partial charge in [-0.2, -0.15) is 13.2 Å². The number of aliphatic hydroxyl groups is 1. The summed E-state index contributed by atoms with van der Waals surface area (Å²) in [5.74, 6) is -0.715. The van der Waals surface area contributed by atoms with Gasteiger partial charge < -0.3 is 19.5 Å². The molecule has 0 radical (unpaired) electrons. The van der Waals surface area contributed by atoms with Gasteiger partial charge in [-0.15, -0.1) is 11.3 Å². The summed E-state index contributed by atoms with van der Waals surface area (Å²) < 4.78 is 41.5. The molecule has 0 aliphatic carbocycles. The standard InChI is InChI=1S/C31H32BrF3N6O4S/c1-19-24(46-29(32)37-19)28(44)39-11-7-21(23(15-39)20-5-3-2-4-6-20)26(42)38-13-9-30(45,10-14-38)16-41-18-36-25-22(27(41)43)8-12-40(25)17-31(33,34)35/h2-6,8,12,18,21,23,45H,7,9-11,13-17H2,1H3/t21-,23+/m1/s1. The molecule has 2 fully saturated rings. The van der Waals surface area contributed by atoms with Gasteiger partial charge in [0.1, 0.15) is 23.4 Å². The van der Waals surface area contributed by atoms with E-state index in [4.69, 9.17) is 0 Å². The number of fused-ring (bicyclic) bond motifs is 1. The molecule has 0 bridgehead atoms. The maximum Gasteiger partial charge on any atom is 0.406 e. The van der Waals surface area contributed by atoms with Crippen molar-refractivity contribution in [1.29, 1.82) is 0 Å². The van der Waals surface area contributed by atoms with Gasteiger partial charge in [0.15, 0.2) is 3.92 Å². The van der Waals surface area contributed by atoms with E-state index in [0.717, 1.165) is 10.1 Å². The molecule has 6 rings (SSSR count). The van der Waals surface area contributed by atoms with Crippen LogP contribution in [0, 0.1) is 12.8 Å². The summed E-state index contributed by atoms with van der Waals surface area (Å²) in [4.78, 5) is 53.0. The predicted molar refractivity (Wildman–Crippen MR) is 169 cm³/mol. The number of thiazole rings is 1. The monoisotopic (exact) mass is 720 g/mol. The van der Waals surface area contributed by atoms with Gasteiger partial charge in [-0.3, -0.25) is 19.0 Å². The van der Waals surface area contributed by atoms with E-state index >= 15 is 0 Å². The van der Waals surface area contributed by atoms with E-state index in [0.29, 0.717) is 34.0 Å². The SMILES string of the molecule is Cc1nc(Br)sc1C(=O)N1CC[C@@H](C(=O)N2CCC(O)(Cn3cnc4c(ccn4CC(F)(F)F)c3=O)CC2)[C@H](c2ccccc2)C1. The summed E-state index contributed by atoms with van der Waals surface area (Å²) in [5.41, 5.74) is -0.275. The van der Waals surface area contributed by atoms with Gasteiger partial charge in [-0.25, -0.2) is 9.97 Å². The topological polar surface area (TPSA) is 114 Å².